The topological polar surface area (TPSA) is 17.8 Å². The highest BCUT2D eigenvalue weighted by atomic mass is 32.1. The summed E-state index contributed by atoms with van der Waals surface area (Å²) in [6, 6.07) is 2.73. The summed E-state index contributed by atoms with van der Waals surface area (Å²) in [5, 5.41) is 2.22. The number of imidazole rings is 1. The maximum atomic E-state index is 4.24. The minimum Gasteiger partial charge on any atom is -0.329 e. The molecule has 2 heterocycles. The van der Waals surface area contributed by atoms with Gasteiger partial charge in [-0.1, -0.05) is 46.0 Å². The SMILES string of the molecule is CC.Cc1ccsc1C(CC1CCCCC1)n1ccnc1. The predicted octanol–water partition coefficient (Wildman–Crippen LogP) is 5.84. The maximum Gasteiger partial charge on any atom is 0.0951 e. The summed E-state index contributed by atoms with van der Waals surface area (Å²) >= 11 is 1.90. The van der Waals surface area contributed by atoms with Crippen LogP contribution in [0.2, 0.25) is 0 Å². The van der Waals surface area contributed by atoms with Crippen LogP contribution >= 0.6 is 11.3 Å². The van der Waals surface area contributed by atoms with Gasteiger partial charge in [-0.15, -0.1) is 11.3 Å². The Hall–Kier alpha value is -1.09. The number of thiophene rings is 1. The normalized spacial score (nSPS) is 17.1. The molecule has 2 nitrogen and oxygen atoms in total. The zero-order chi connectivity index (χ0) is 15.1. The van der Waals surface area contributed by atoms with Gasteiger partial charge in [0, 0.05) is 17.3 Å². The van der Waals surface area contributed by atoms with Crippen LogP contribution in [0.3, 0.4) is 0 Å². The zero-order valence-corrected chi connectivity index (χ0v) is 14.4. The monoisotopic (exact) mass is 304 g/mol. The maximum absolute atomic E-state index is 4.24. The first-order valence-corrected chi connectivity index (χ1v) is 9.24. The fourth-order valence-corrected chi connectivity index (χ4v) is 4.33. The molecule has 3 heteroatoms. The molecule has 3 rings (SSSR count). The number of aryl methyl sites for hydroxylation is 1. The van der Waals surface area contributed by atoms with Crippen molar-refractivity contribution in [1.29, 1.82) is 0 Å². The van der Waals surface area contributed by atoms with Gasteiger partial charge in [-0.3, -0.25) is 0 Å². The van der Waals surface area contributed by atoms with E-state index in [1.165, 1.54) is 49.0 Å². The molecule has 0 aromatic carbocycles. The Morgan fingerprint density at radius 2 is 2.05 bits per heavy atom. The Labute approximate surface area is 133 Å². The van der Waals surface area contributed by atoms with E-state index < -0.39 is 0 Å². The van der Waals surface area contributed by atoms with E-state index in [4.69, 9.17) is 0 Å². The quantitative estimate of drug-likeness (QED) is 0.694. The van der Waals surface area contributed by atoms with Gasteiger partial charge in [0.2, 0.25) is 0 Å². The van der Waals surface area contributed by atoms with E-state index in [1.807, 2.05) is 37.7 Å². The largest absolute Gasteiger partial charge is 0.329 e. The predicted molar refractivity (Wildman–Crippen MR) is 92.0 cm³/mol. The van der Waals surface area contributed by atoms with E-state index in [-0.39, 0.29) is 0 Å². The van der Waals surface area contributed by atoms with Gasteiger partial charge in [0.15, 0.2) is 0 Å². The molecule has 0 bridgehead atoms. The molecular weight excluding hydrogens is 276 g/mol. The molecule has 21 heavy (non-hydrogen) atoms. The van der Waals surface area contributed by atoms with Gasteiger partial charge >= 0.3 is 0 Å². The minimum atomic E-state index is 0.491. The second-order valence-corrected chi connectivity index (χ2v) is 6.68. The summed E-state index contributed by atoms with van der Waals surface area (Å²) in [4.78, 5) is 5.76. The Balaban J connectivity index is 0.000000774. The van der Waals surface area contributed by atoms with Crippen LogP contribution in [0.4, 0.5) is 0 Å². The minimum absolute atomic E-state index is 0.491. The van der Waals surface area contributed by atoms with Crippen LogP contribution in [0.1, 0.15) is 68.9 Å². The van der Waals surface area contributed by atoms with E-state index >= 15 is 0 Å². The van der Waals surface area contributed by atoms with Gasteiger partial charge in [-0.05, 0) is 36.3 Å². The van der Waals surface area contributed by atoms with Gasteiger partial charge in [0.1, 0.15) is 0 Å². The van der Waals surface area contributed by atoms with Crippen molar-refractivity contribution < 1.29 is 0 Å². The molecule has 0 N–H and O–H groups in total. The third-order valence-electron chi connectivity index (χ3n) is 4.37. The number of aromatic nitrogens is 2. The highest BCUT2D eigenvalue weighted by Gasteiger charge is 2.23. The van der Waals surface area contributed by atoms with Crippen LogP contribution < -0.4 is 0 Å². The van der Waals surface area contributed by atoms with Crippen LogP contribution in [-0.4, -0.2) is 9.55 Å². The number of hydrogen-bond acceptors (Lipinski definition) is 2. The van der Waals surface area contributed by atoms with Gasteiger partial charge in [0.25, 0.3) is 0 Å². The lowest BCUT2D eigenvalue weighted by Gasteiger charge is -2.27. The second-order valence-electron chi connectivity index (χ2n) is 5.73. The van der Waals surface area contributed by atoms with Crippen molar-refractivity contribution in [3.63, 3.8) is 0 Å². The number of rotatable bonds is 4. The molecule has 116 valence electrons. The molecule has 0 spiro atoms. The summed E-state index contributed by atoms with van der Waals surface area (Å²) in [5.41, 5.74) is 1.43. The van der Waals surface area contributed by atoms with Crippen molar-refractivity contribution in [2.45, 2.75) is 65.3 Å². The second kappa shape index (κ2) is 8.38. The average Bonchev–Trinajstić information content (AvgIpc) is 3.20. The van der Waals surface area contributed by atoms with Crippen molar-refractivity contribution in [3.8, 4) is 0 Å². The summed E-state index contributed by atoms with van der Waals surface area (Å²) in [5.74, 6) is 0.891. The molecule has 1 aliphatic carbocycles. The molecule has 0 radical (unpaired) electrons. The van der Waals surface area contributed by atoms with E-state index in [0.29, 0.717) is 6.04 Å². The van der Waals surface area contributed by atoms with Gasteiger partial charge in [-0.2, -0.15) is 0 Å². The van der Waals surface area contributed by atoms with E-state index in [9.17, 15) is 0 Å². The van der Waals surface area contributed by atoms with Crippen molar-refractivity contribution in [1.82, 2.24) is 9.55 Å². The lowest BCUT2D eigenvalue weighted by molar-refractivity contribution is 0.305. The van der Waals surface area contributed by atoms with E-state index in [1.54, 1.807) is 0 Å². The Kier molecular flexibility index (Phi) is 6.50. The van der Waals surface area contributed by atoms with Crippen LogP contribution in [-0.2, 0) is 0 Å². The fraction of sp³-hybridized carbons (Fsp3) is 0.611. The first-order chi connectivity index (χ1) is 10.3. The lowest BCUT2D eigenvalue weighted by Crippen LogP contribution is -2.16. The molecule has 1 aliphatic rings. The summed E-state index contributed by atoms with van der Waals surface area (Å²) < 4.78 is 2.30. The Morgan fingerprint density at radius 1 is 1.29 bits per heavy atom. The highest BCUT2D eigenvalue weighted by molar-refractivity contribution is 7.10. The first kappa shape index (κ1) is 16.3. The van der Waals surface area contributed by atoms with Gasteiger partial charge in [0.05, 0.1) is 12.4 Å². The number of nitrogens with zero attached hydrogens (tertiary/aromatic N) is 2. The number of hydrogen-bond donors (Lipinski definition) is 0. The van der Waals surface area contributed by atoms with E-state index in [2.05, 4.69) is 34.1 Å². The molecule has 2 aromatic rings. The average molecular weight is 305 g/mol. The van der Waals surface area contributed by atoms with Crippen molar-refractivity contribution in [2.24, 2.45) is 5.92 Å². The molecule has 0 aliphatic heterocycles. The van der Waals surface area contributed by atoms with Crippen LogP contribution in [0, 0.1) is 12.8 Å². The summed E-state index contributed by atoms with van der Waals surface area (Å²) in [7, 11) is 0. The zero-order valence-electron chi connectivity index (χ0n) is 13.6. The molecule has 0 saturated heterocycles. The van der Waals surface area contributed by atoms with Crippen molar-refractivity contribution >= 4 is 11.3 Å². The Bertz CT molecular complexity index is 495. The van der Waals surface area contributed by atoms with E-state index in [0.717, 1.165) is 5.92 Å². The molecule has 1 unspecified atom stereocenters. The van der Waals surface area contributed by atoms with Crippen LogP contribution in [0.25, 0.3) is 0 Å². The van der Waals surface area contributed by atoms with Crippen molar-refractivity contribution in [3.05, 3.63) is 40.6 Å². The Morgan fingerprint density at radius 3 is 2.62 bits per heavy atom. The molecule has 1 atom stereocenters. The molecule has 1 fully saturated rings. The third-order valence-corrected chi connectivity index (χ3v) is 5.49. The molecule has 2 aromatic heterocycles. The summed E-state index contributed by atoms with van der Waals surface area (Å²) in [6.07, 6.45) is 14.4. The fourth-order valence-electron chi connectivity index (χ4n) is 3.28. The standard InChI is InChI=1S/C16H22N2S.C2H6/c1-13-7-10-19-16(13)15(18-9-8-17-12-18)11-14-5-3-2-4-6-14;1-2/h7-10,12,14-15H,2-6,11H2,1H3;1-2H3. The van der Waals surface area contributed by atoms with Crippen molar-refractivity contribution in [2.75, 3.05) is 0 Å². The summed E-state index contributed by atoms with van der Waals surface area (Å²) in [6.45, 7) is 6.23. The lowest BCUT2D eigenvalue weighted by atomic mass is 9.84. The molecule has 1 saturated carbocycles. The molecular formula is C18H28N2S. The van der Waals surface area contributed by atoms with Crippen LogP contribution in [0.15, 0.2) is 30.2 Å². The highest BCUT2D eigenvalue weighted by Crippen LogP contribution is 2.36. The van der Waals surface area contributed by atoms with Gasteiger partial charge < -0.3 is 4.57 Å². The van der Waals surface area contributed by atoms with Gasteiger partial charge in [-0.25, -0.2) is 4.98 Å². The smallest absolute Gasteiger partial charge is 0.0951 e. The first-order valence-electron chi connectivity index (χ1n) is 8.36. The third kappa shape index (κ3) is 4.19. The van der Waals surface area contributed by atoms with Crippen LogP contribution in [0.5, 0.6) is 0 Å². The molecule has 0 amide bonds.